The lowest BCUT2D eigenvalue weighted by atomic mass is 10.0. The Morgan fingerprint density at radius 1 is 1.28 bits per heavy atom. The molecule has 94 valence electrons. The van der Waals surface area contributed by atoms with Crippen LogP contribution in [0.5, 0.6) is 0 Å². The van der Waals surface area contributed by atoms with Crippen molar-refractivity contribution in [3.63, 3.8) is 0 Å². The molecule has 0 saturated carbocycles. The Balaban J connectivity index is 2.75. The number of nitrogens with zero attached hydrogens (tertiary/aromatic N) is 1. The summed E-state index contributed by atoms with van der Waals surface area (Å²) in [7, 11) is 2.15. The second-order valence-corrected chi connectivity index (χ2v) is 5.21. The van der Waals surface area contributed by atoms with Crippen molar-refractivity contribution in [3.8, 4) is 0 Å². The molecule has 0 unspecified atom stereocenters. The van der Waals surface area contributed by atoms with Gasteiger partial charge < -0.3 is 4.57 Å². The van der Waals surface area contributed by atoms with E-state index in [9.17, 15) is 0 Å². The molecule has 0 saturated heterocycles. The van der Waals surface area contributed by atoms with Crippen molar-refractivity contribution in [2.45, 2.75) is 26.7 Å². The van der Waals surface area contributed by atoms with E-state index in [0.29, 0.717) is 5.92 Å². The van der Waals surface area contributed by atoms with Gasteiger partial charge in [0.15, 0.2) is 0 Å². The van der Waals surface area contributed by atoms with Gasteiger partial charge in [0.05, 0.1) is 0 Å². The minimum atomic E-state index is 0.507. The lowest BCUT2D eigenvalue weighted by Crippen LogP contribution is -1.99. The van der Waals surface area contributed by atoms with Crippen LogP contribution in [0.1, 0.15) is 37.9 Å². The second kappa shape index (κ2) is 4.85. The molecule has 1 nitrogen and oxygen atoms in total. The minimum Gasteiger partial charge on any atom is -0.347 e. The molecular weight excluding hydrogens is 218 g/mol. The van der Waals surface area contributed by atoms with Crippen molar-refractivity contribution in [1.82, 2.24) is 4.57 Å². The molecule has 1 aromatic heterocycles. The Hall–Kier alpha value is -1.76. The summed E-state index contributed by atoms with van der Waals surface area (Å²) in [5, 5.41) is 1.32. The van der Waals surface area contributed by atoms with Gasteiger partial charge in [-0.1, -0.05) is 56.4 Å². The smallest absolute Gasteiger partial charge is 0.0486 e. The van der Waals surface area contributed by atoms with Crippen molar-refractivity contribution >= 4 is 17.0 Å². The van der Waals surface area contributed by atoms with Crippen LogP contribution in [0, 0.1) is 0 Å². The van der Waals surface area contributed by atoms with Crippen molar-refractivity contribution in [2.24, 2.45) is 7.05 Å². The Bertz CT molecular complexity index is 612. The third kappa shape index (κ3) is 2.13. The molecule has 0 aliphatic carbocycles. The summed E-state index contributed by atoms with van der Waals surface area (Å²) in [5.41, 5.74) is 5.08. The topological polar surface area (TPSA) is 4.93 Å². The molecule has 1 heterocycles. The standard InChI is InChI=1S/C17H21N/c1-12(2)10-11-15-14-8-6-7-9-16(14)18(5)17(15)13(3)4/h6-11,13H,1H2,2-5H3/b11-10+. The fourth-order valence-corrected chi connectivity index (χ4v) is 2.54. The Morgan fingerprint density at radius 3 is 2.56 bits per heavy atom. The molecular formula is C17H21N. The highest BCUT2D eigenvalue weighted by atomic mass is 15.0. The fraction of sp³-hybridized carbons (Fsp3) is 0.294. The molecule has 1 heteroatoms. The maximum Gasteiger partial charge on any atom is 0.0486 e. The van der Waals surface area contributed by atoms with E-state index in [1.807, 2.05) is 6.92 Å². The number of hydrogen-bond acceptors (Lipinski definition) is 0. The Labute approximate surface area is 109 Å². The molecule has 0 fully saturated rings. The normalized spacial score (nSPS) is 11.8. The first-order chi connectivity index (χ1) is 8.52. The number of allylic oxidation sites excluding steroid dienone is 2. The summed E-state index contributed by atoms with van der Waals surface area (Å²) in [6.45, 7) is 10.4. The highest BCUT2D eigenvalue weighted by molar-refractivity contribution is 5.91. The van der Waals surface area contributed by atoms with Crippen LogP contribution in [0.25, 0.3) is 17.0 Å². The monoisotopic (exact) mass is 239 g/mol. The number of benzene rings is 1. The number of para-hydroxylation sites is 1. The molecule has 0 spiro atoms. The number of fused-ring (bicyclic) bond motifs is 1. The van der Waals surface area contributed by atoms with E-state index >= 15 is 0 Å². The number of aromatic nitrogens is 1. The van der Waals surface area contributed by atoms with Gasteiger partial charge in [-0.15, -0.1) is 0 Å². The SMILES string of the molecule is C=C(C)/C=C/c1c(C(C)C)n(C)c2ccccc12. The summed E-state index contributed by atoms with van der Waals surface area (Å²) >= 11 is 0. The Kier molecular flexibility index (Phi) is 3.42. The van der Waals surface area contributed by atoms with Crippen molar-refractivity contribution in [3.05, 3.63) is 53.8 Å². The van der Waals surface area contributed by atoms with E-state index in [-0.39, 0.29) is 0 Å². The molecule has 2 aromatic rings. The van der Waals surface area contributed by atoms with E-state index < -0.39 is 0 Å². The fourth-order valence-electron chi connectivity index (χ4n) is 2.54. The van der Waals surface area contributed by atoms with Crippen molar-refractivity contribution in [2.75, 3.05) is 0 Å². The van der Waals surface area contributed by atoms with E-state index in [1.54, 1.807) is 0 Å². The molecule has 0 atom stereocenters. The summed E-state index contributed by atoms with van der Waals surface area (Å²) in [5.74, 6) is 0.507. The summed E-state index contributed by atoms with van der Waals surface area (Å²) < 4.78 is 2.30. The summed E-state index contributed by atoms with van der Waals surface area (Å²) in [4.78, 5) is 0. The third-order valence-corrected chi connectivity index (χ3v) is 3.27. The van der Waals surface area contributed by atoms with Crippen LogP contribution in [0.15, 0.2) is 42.5 Å². The average Bonchev–Trinajstić information content (AvgIpc) is 2.60. The zero-order valence-electron chi connectivity index (χ0n) is 11.7. The van der Waals surface area contributed by atoms with Crippen molar-refractivity contribution < 1.29 is 0 Å². The van der Waals surface area contributed by atoms with Crippen LogP contribution >= 0.6 is 0 Å². The van der Waals surface area contributed by atoms with E-state index in [0.717, 1.165) is 5.57 Å². The summed E-state index contributed by atoms with van der Waals surface area (Å²) in [6.07, 6.45) is 4.29. The lowest BCUT2D eigenvalue weighted by molar-refractivity contribution is 0.753. The van der Waals surface area contributed by atoms with Crippen molar-refractivity contribution in [1.29, 1.82) is 0 Å². The maximum atomic E-state index is 3.94. The van der Waals surface area contributed by atoms with Crippen LogP contribution in [0.2, 0.25) is 0 Å². The van der Waals surface area contributed by atoms with E-state index in [1.165, 1.54) is 22.2 Å². The molecule has 0 N–H and O–H groups in total. The quantitative estimate of drug-likeness (QED) is 0.672. The van der Waals surface area contributed by atoms with Crippen LogP contribution in [-0.4, -0.2) is 4.57 Å². The predicted molar refractivity (Wildman–Crippen MR) is 80.9 cm³/mol. The zero-order chi connectivity index (χ0) is 13.3. The average molecular weight is 239 g/mol. The molecule has 0 amide bonds. The number of rotatable bonds is 3. The lowest BCUT2D eigenvalue weighted by Gasteiger charge is -2.09. The molecule has 0 aliphatic heterocycles. The first-order valence-corrected chi connectivity index (χ1v) is 6.43. The number of aryl methyl sites for hydroxylation is 1. The van der Waals surface area contributed by atoms with Gasteiger partial charge in [0, 0.05) is 29.2 Å². The third-order valence-electron chi connectivity index (χ3n) is 3.27. The van der Waals surface area contributed by atoms with Crippen LogP contribution < -0.4 is 0 Å². The first-order valence-electron chi connectivity index (χ1n) is 6.43. The van der Waals surface area contributed by atoms with E-state index in [4.69, 9.17) is 0 Å². The predicted octanol–water partition coefficient (Wildman–Crippen LogP) is 4.89. The van der Waals surface area contributed by atoms with Crippen LogP contribution in [0.3, 0.4) is 0 Å². The first kappa shape index (κ1) is 12.7. The summed E-state index contributed by atoms with van der Waals surface area (Å²) in [6, 6.07) is 8.57. The van der Waals surface area contributed by atoms with Gasteiger partial charge in [-0.25, -0.2) is 0 Å². The van der Waals surface area contributed by atoms with Gasteiger partial charge in [0.2, 0.25) is 0 Å². The second-order valence-electron chi connectivity index (χ2n) is 5.21. The molecule has 0 bridgehead atoms. The largest absolute Gasteiger partial charge is 0.347 e. The van der Waals surface area contributed by atoms with Gasteiger partial charge >= 0.3 is 0 Å². The van der Waals surface area contributed by atoms with E-state index in [2.05, 4.69) is 68.5 Å². The van der Waals surface area contributed by atoms with Gasteiger partial charge in [-0.3, -0.25) is 0 Å². The minimum absolute atomic E-state index is 0.507. The highest BCUT2D eigenvalue weighted by Gasteiger charge is 2.14. The van der Waals surface area contributed by atoms with Gasteiger partial charge in [0.1, 0.15) is 0 Å². The van der Waals surface area contributed by atoms with Gasteiger partial charge in [-0.05, 0) is 18.9 Å². The van der Waals surface area contributed by atoms with Gasteiger partial charge in [0.25, 0.3) is 0 Å². The molecule has 0 aliphatic rings. The molecule has 2 rings (SSSR count). The Morgan fingerprint density at radius 2 is 1.94 bits per heavy atom. The van der Waals surface area contributed by atoms with Crippen LogP contribution in [0.4, 0.5) is 0 Å². The molecule has 18 heavy (non-hydrogen) atoms. The number of hydrogen-bond donors (Lipinski definition) is 0. The molecule has 1 aromatic carbocycles. The molecule has 0 radical (unpaired) electrons. The highest BCUT2D eigenvalue weighted by Crippen LogP contribution is 2.31. The zero-order valence-corrected chi connectivity index (χ0v) is 11.7. The van der Waals surface area contributed by atoms with Gasteiger partial charge in [-0.2, -0.15) is 0 Å². The van der Waals surface area contributed by atoms with Crippen LogP contribution in [-0.2, 0) is 7.05 Å². The maximum absolute atomic E-state index is 3.94.